The second kappa shape index (κ2) is 7.27. The van der Waals surface area contributed by atoms with Crippen molar-refractivity contribution in [1.82, 2.24) is 0 Å². The number of azo groups is 1. The summed E-state index contributed by atoms with van der Waals surface area (Å²) in [4.78, 5) is 12.1. The van der Waals surface area contributed by atoms with Crippen LogP contribution in [0, 0.1) is 0 Å². The van der Waals surface area contributed by atoms with Gasteiger partial charge >= 0.3 is 5.97 Å². The van der Waals surface area contributed by atoms with Crippen molar-refractivity contribution in [2.75, 3.05) is 5.73 Å². The van der Waals surface area contributed by atoms with Gasteiger partial charge in [-0.15, -0.1) is 0 Å². The van der Waals surface area contributed by atoms with Gasteiger partial charge in [-0.3, -0.25) is 0 Å². The number of rotatable bonds is 4. The molecule has 3 N–H and O–H groups in total. The zero-order valence-corrected chi connectivity index (χ0v) is 13.2. The molecular weight excluding hydrogens is 318 g/mol. The van der Waals surface area contributed by atoms with E-state index in [-0.39, 0.29) is 11.3 Å². The monoisotopic (exact) mass is 333 g/mol. The lowest BCUT2D eigenvalue weighted by atomic mass is 10.2. The summed E-state index contributed by atoms with van der Waals surface area (Å²) >= 11 is 0. The number of anilines is 1. The van der Waals surface area contributed by atoms with Crippen molar-refractivity contribution in [2.24, 2.45) is 10.2 Å². The number of phenols is 1. The third-order valence-electron chi connectivity index (χ3n) is 3.32. The average molecular weight is 333 g/mol. The normalized spacial score (nSPS) is 10.7. The quantitative estimate of drug-likeness (QED) is 0.239. The minimum atomic E-state index is -0.691. The first-order valence-electron chi connectivity index (χ1n) is 7.49. The summed E-state index contributed by atoms with van der Waals surface area (Å²) in [5.41, 5.74) is 7.35. The smallest absolute Gasteiger partial charge is 0.347 e. The van der Waals surface area contributed by atoms with Crippen LogP contribution < -0.4 is 10.5 Å². The van der Waals surface area contributed by atoms with Gasteiger partial charge in [-0.25, -0.2) is 4.79 Å². The van der Waals surface area contributed by atoms with E-state index in [2.05, 4.69) is 10.2 Å². The van der Waals surface area contributed by atoms with E-state index in [4.69, 9.17) is 10.5 Å². The molecule has 0 aromatic heterocycles. The predicted molar refractivity (Wildman–Crippen MR) is 94.5 cm³/mol. The number of carbonyl (C=O) groups is 1. The molecule has 0 aliphatic carbocycles. The van der Waals surface area contributed by atoms with Crippen LogP contribution in [0.1, 0.15) is 10.4 Å². The van der Waals surface area contributed by atoms with Crippen LogP contribution in [-0.4, -0.2) is 11.1 Å². The highest BCUT2D eigenvalue weighted by atomic mass is 16.5. The van der Waals surface area contributed by atoms with E-state index in [1.165, 1.54) is 18.2 Å². The number of phenolic OH excluding ortho intramolecular Hbond substituents is 1. The molecule has 3 rings (SSSR count). The number of nitrogens with zero attached hydrogens (tertiary/aromatic N) is 2. The second-order valence-electron chi connectivity index (χ2n) is 5.20. The van der Waals surface area contributed by atoms with Gasteiger partial charge in [-0.1, -0.05) is 18.2 Å². The fourth-order valence-corrected chi connectivity index (χ4v) is 2.07. The van der Waals surface area contributed by atoms with E-state index in [9.17, 15) is 9.90 Å². The number of hydrogen-bond acceptors (Lipinski definition) is 6. The van der Waals surface area contributed by atoms with Gasteiger partial charge in [0.25, 0.3) is 0 Å². The van der Waals surface area contributed by atoms with E-state index >= 15 is 0 Å². The zero-order valence-electron chi connectivity index (χ0n) is 13.2. The molecular formula is C19H15N3O3. The summed E-state index contributed by atoms with van der Waals surface area (Å²) in [6.45, 7) is 0. The molecule has 0 aliphatic rings. The first-order chi connectivity index (χ1) is 12.1. The fourth-order valence-electron chi connectivity index (χ4n) is 2.07. The van der Waals surface area contributed by atoms with Gasteiger partial charge in [0.15, 0.2) is 0 Å². The van der Waals surface area contributed by atoms with Crippen molar-refractivity contribution in [3.05, 3.63) is 78.4 Å². The van der Waals surface area contributed by atoms with E-state index in [0.29, 0.717) is 17.1 Å². The molecule has 0 spiro atoms. The molecule has 0 saturated heterocycles. The van der Waals surface area contributed by atoms with Gasteiger partial charge in [0, 0.05) is 5.69 Å². The van der Waals surface area contributed by atoms with E-state index in [1.807, 2.05) is 30.3 Å². The minimum Gasteiger partial charge on any atom is -0.507 e. The summed E-state index contributed by atoms with van der Waals surface area (Å²) in [5.74, 6) is -0.554. The van der Waals surface area contributed by atoms with E-state index < -0.39 is 5.97 Å². The van der Waals surface area contributed by atoms with Crippen LogP contribution in [0.5, 0.6) is 11.5 Å². The number of carbonyl (C=O) groups excluding carboxylic acids is 1. The van der Waals surface area contributed by atoms with Crippen molar-refractivity contribution >= 4 is 23.0 Å². The highest BCUT2D eigenvalue weighted by molar-refractivity contribution is 5.94. The number of benzene rings is 3. The van der Waals surface area contributed by atoms with Gasteiger partial charge in [0.05, 0.1) is 11.4 Å². The van der Waals surface area contributed by atoms with Crippen LogP contribution in [0.2, 0.25) is 0 Å². The molecule has 0 heterocycles. The molecule has 124 valence electrons. The molecule has 0 fully saturated rings. The number of esters is 1. The number of ether oxygens (including phenoxy) is 1. The number of aromatic hydroxyl groups is 1. The van der Waals surface area contributed by atoms with Crippen LogP contribution in [0.3, 0.4) is 0 Å². The minimum absolute atomic E-state index is 0.00726. The maximum Gasteiger partial charge on any atom is 0.347 e. The Morgan fingerprint density at radius 1 is 0.880 bits per heavy atom. The number of nitrogen functional groups attached to an aromatic ring is 1. The Balaban J connectivity index is 1.69. The average Bonchev–Trinajstić information content (AvgIpc) is 2.64. The fraction of sp³-hybridized carbons (Fsp3) is 0. The van der Waals surface area contributed by atoms with Crippen molar-refractivity contribution < 1.29 is 14.6 Å². The molecule has 6 nitrogen and oxygen atoms in total. The maximum absolute atomic E-state index is 12.1. The molecule has 0 unspecified atom stereocenters. The van der Waals surface area contributed by atoms with Crippen molar-refractivity contribution in [3.63, 3.8) is 0 Å². The first kappa shape index (κ1) is 16.2. The van der Waals surface area contributed by atoms with E-state index in [1.54, 1.807) is 24.3 Å². The summed E-state index contributed by atoms with van der Waals surface area (Å²) in [6.07, 6.45) is 0. The predicted octanol–water partition coefficient (Wildman–Crippen LogP) is 4.61. The second-order valence-corrected chi connectivity index (χ2v) is 5.20. The molecule has 6 heteroatoms. The standard InChI is InChI=1S/C19H15N3O3/c20-13-6-11-18(23)17(12-13)19(24)25-16-9-7-15(8-10-16)22-21-14-4-2-1-3-5-14/h1-12,23H,20H2/b22-21+. The molecule has 0 amide bonds. The molecule has 0 radical (unpaired) electrons. The Kier molecular flexibility index (Phi) is 4.71. The zero-order chi connectivity index (χ0) is 17.6. The molecule has 0 saturated carbocycles. The van der Waals surface area contributed by atoms with Crippen LogP contribution in [0.15, 0.2) is 83.0 Å². The van der Waals surface area contributed by atoms with Gasteiger partial charge in [0.2, 0.25) is 0 Å². The lowest BCUT2D eigenvalue weighted by molar-refractivity contribution is 0.0731. The Morgan fingerprint density at radius 3 is 2.20 bits per heavy atom. The van der Waals surface area contributed by atoms with Crippen molar-refractivity contribution in [2.45, 2.75) is 0 Å². The SMILES string of the molecule is Nc1ccc(O)c(C(=O)Oc2ccc(/N=N/c3ccccc3)cc2)c1. The summed E-state index contributed by atoms with van der Waals surface area (Å²) in [7, 11) is 0. The molecule has 25 heavy (non-hydrogen) atoms. The Hall–Kier alpha value is -3.67. The first-order valence-corrected chi connectivity index (χ1v) is 7.49. The summed E-state index contributed by atoms with van der Waals surface area (Å²) in [5, 5.41) is 17.9. The van der Waals surface area contributed by atoms with Gasteiger partial charge < -0.3 is 15.6 Å². The topological polar surface area (TPSA) is 97.3 Å². The van der Waals surface area contributed by atoms with Crippen molar-refractivity contribution in [1.29, 1.82) is 0 Å². The largest absolute Gasteiger partial charge is 0.507 e. The highest BCUT2D eigenvalue weighted by Gasteiger charge is 2.14. The van der Waals surface area contributed by atoms with Gasteiger partial charge in [-0.2, -0.15) is 10.2 Å². The molecule has 0 bridgehead atoms. The Bertz CT molecular complexity index is 907. The third kappa shape index (κ3) is 4.20. The number of nitrogens with two attached hydrogens (primary N) is 1. The molecule has 0 aliphatic heterocycles. The van der Waals surface area contributed by atoms with Crippen molar-refractivity contribution in [3.8, 4) is 11.5 Å². The summed E-state index contributed by atoms with van der Waals surface area (Å²) < 4.78 is 5.23. The third-order valence-corrected chi connectivity index (χ3v) is 3.32. The van der Waals surface area contributed by atoms with Crippen LogP contribution in [0.25, 0.3) is 0 Å². The highest BCUT2D eigenvalue weighted by Crippen LogP contribution is 2.24. The van der Waals surface area contributed by atoms with Crippen LogP contribution in [-0.2, 0) is 0 Å². The molecule has 3 aromatic carbocycles. The van der Waals surface area contributed by atoms with Gasteiger partial charge in [-0.05, 0) is 54.6 Å². The van der Waals surface area contributed by atoms with E-state index in [0.717, 1.165) is 5.69 Å². The lowest BCUT2D eigenvalue weighted by Gasteiger charge is -2.06. The molecule has 0 atom stereocenters. The molecule has 3 aromatic rings. The van der Waals surface area contributed by atoms with Gasteiger partial charge in [0.1, 0.15) is 17.1 Å². The van der Waals surface area contributed by atoms with Crippen LogP contribution >= 0.6 is 0 Å². The Labute approximate surface area is 144 Å². The maximum atomic E-state index is 12.1. The summed E-state index contributed by atoms with van der Waals surface area (Å²) in [6, 6.07) is 20.1. The number of hydrogen-bond donors (Lipinski definition) is 2. The Morgan fingerprint density at radius 2 is 1.52 bits per heavy atom. The lowest BCUT2D eigenvalue weighted by Crippen LogP contribution is -2.09. The van der Waals surface area contributed by atoms with Crippen LogP contribution in [0.4, 0.5) is 17.1 Å².